The van der Waals surface area contributed by atoms with Gasteiger partial charge in [-0.25, -0.2) is 0 Å². The molecule has 1 aromatic heterocycles. The van der Waals surface area contributed by atoms with E-state index in [0.29, 0.717) is 16.3 Å². The van der Waals surface area contributed by atoms with Crippen molar-refractivity contribution in [3.05, 3.63) is 59.4 Å². The molecule has 0 spiro atoms. The number of hydrogen-bond acceptors (Lipinski definition) is 3. The maximum Gasteiger partial charge on any atom is 0.233 e. The lowest BCUT2D eigenvalue weighted by Gasteiger charge is -2.25. The quantitative estimate of drug-likeness (QED) is 0.851. The van der Waals surface area contributed by atoms with E-state index in [0.717, 1.165) is 0 Å². The third-order valence-electron chi connectivity index (χ3n) is 2.34. The molecule has 2 rings (SSSR count). The normalized spacial score (nSPS) is 14.1. The van der Waals surface area contributed by atoms with Gasteiger partial charge in [0.1, 0.15) is 5.75 Å². The summed E-state index contributed by atoms with van der Waals surface area (Å²) in [4.78, 5) is 3.94. The van der Waals surface area contributed by atoms with Crippen molar-refractivity contribution in [1.82, 2.24) is 4.98 Å². The molecule has 1 N–H and O–H groups in total. The maximum absolute atomic E-state index is 10.2. The fraction of sp³-hybridized carbons (Fsp3) is 0.154. The first-order valence-electron chi connectivity index (χ1n) is 5.16. The molecular formula is C13H12ClNO2. The molecule has 0 radical (unpaired) electrons. The summed E-state index contributed by atoms with van der Waals surface area (Å²) < 4.78 is 5.50. The lowest BCUT2D eigenvalue weighted by Crippen LogP contribution is -2.29. The fourth-order valence-electron chi connectivity index (χ4n) is 1.44. The van der Waals surface area contributed by atoms with E-state index in [4.69, 9.17) is 16.3 Å². The minimum atomic E-state index is -1.46. The SMILES string of the molecule is CC(O)(Oc1ccccc1Cl)c1cccnc1. The Hall–Kier alpha value is -1.58. The Kier molecular flexibility index (Phi) is 3.31. The Labute approximate surface area is 105 Å². The lowest BCUT2D eigenvalue weighted by molar-refractivity contribution is -0.129. The molecule has 0 aliphatic heterocycles. The summed E-state index contributed by atoms with van der Waals surface area (Å²) in [6, 6.07) is 10.5. The highest BCUT2D eigenvalue weighted by Gasteiger charge is 2.26. The Morgan fingerprint density at radius 2 is 2.00 bits per heavy atom. The van der Waals surface area contributed by atoms with Crippen LogP contribution in [0.25, 0.3) is 0 Å². The second-order valence-corrected chi connectivity index (χ2v) is 4.16. The smallest absolute Gasteiger partial charge is 0.233 e. The predicted molar refractivity (Wildman–Crippen MR) is 65.9 cm³/mol. The van der Waals surface area contributed by atoms with Crippen molar-refractivity contribution >= 4 is 11.6 Å². The van der Waals surface area contributed by atoms with E-state index >= 15 is 0 Å². The van der Waals surface area contributed by atoms with Crippen LogP contribution in [0.3, 0.4) is 0 Å². The zero-order valence-corrected chi connectivity index (χ0v) is 10.1. The number of para-hydroxylation sites is 1. The highest BCUT2D eigenvalue weighted by atomic mass is 35.5. The third-order valence-corrected chi connectivity index (χ3v) is 2.65. The van der Waals surface area contributed by atoms with Crippen LogP contribution in [-0.4, -0.2) is 10.1 Å². The minimum Gasteiger partial charge on any atom is -0.457 e. The topological polar surface area (TPSA) is 42.4 Å². The summed E-state index contributed by atoms with van der Waals surface area (Å²) >= 11 is 5.97. The number of rotatable bonds is 3. The van der Waals surface area contributed by atoms with E-state index in [1.807, 2.05) is 0 Å². The molecule has 1 atom stereocenters. The van der Waals surface area contributed by atoms with Gasteiger partial charge in [-0.3, -0.25) is 4.98 Å². The molecule has 0 amide bonds. The van der Waals surface area contributed by atoms with Crippen LogP contribution >= 0.6 is 11.6 Å². The van der Waals surface area contributed by atoms with Gasteiger partial charge in [-0.05, 0) is 24.3 Å². The zero-order valence-electron chi connectivity index (χ0n) is 9.30. The molecule has 4 heteroatoms. The molecule has 0 aliphatic rings. The van der Waals surface area contributed by atoms with Crippen molar-refractivity contribution < 1.29 is 9.84 Å². The number of halogens is 1. The summed E-state index contributed by atoms with van der Waals surface area (Å²) in [5.41, 5.74) is 0.569. The largest absolute Gasteiger partial charge is 0.457 e. The van der Waals surface area contributed by atoms with Gasteiger partial charge in [-0.1, -0.05) is 23.7 Å². The van der Waals surface area contributed by atoms with E-state index in [-0.39, 0.29) is 0 Å². The standard InChI is InChI=1S/C13H12ClNO2/c1-13(16,10-5-4-8-15-9-10)17-12-7-3-2-6-11(12)14/h2-9,16H,1H3. The highest BCUT2D eigenvalue weighted by molar-refractivity contribution is 6.32. The van der Waals surface area contributed by atoms with Crippen molar-refractivity contribution in [3.63, 3.8) is 0 Å². The molecule has 0 aliphatic carbocycles. The van der Waals surface area contributed by atoms with E-state index in [1.54, 1.807) is 55.7 Å². The summed E-state index contributed by atoms with van der Waals surface area (Å²) in [5, 5.41) is 10.7. The van der Waals surface area contributed by atoms with Crippen molar-refractivity contribution in [2.45, 2.75) is 12.7 Å². The summed E-state index contributed by atoms with van der Waals surface area (Å²) in [7, 11) is 0. The van der Waals surface area contributed by atoms with Crippen molar-refractivity contribution in [2.24, 2.45) is 0 Å². The Bertz CT molecular complexity index is 500. The first-order valence-corrected chi connectivity index (χ1v) is 5.54. The molecule has 3 nitrogen and oxygen atoms in total. The van der Waals surface area contributed by atoms with E-state index in [1.165, 1.54) is 0 Å². The van der Waals surface area contributed by atoms with E-state index < -0.39 is 5.79 Å². The van der Waals surface area contributed by atoms with Crippen LogP contribution in [0.4, 0.5) is 0 Å². The fourth-order valence-corrected chi connectivity index (χ4v) is 1.61. The van der Waals surface area contributed by atoms with Gasteiger partial charge in [0.2, 0.25) is 5.79 Å². The average Bonchev–Trinajstić information content (AvgIpc) is 2.33. The van der Waals surface area contributed by atoms with Gasteiger partial charge in [0.25, 0.3) is 0 Å². The molecule has 1 heterocycles. The van der Waals surface area contributed by atoms with Crippen molar-refractivity contribution in [1.29, 1.82) is 0 Å². The van der Waals surface area contributed by atoms with E-state index in [9.17, 15) is 5.11 Å². The van der Waals surface area contributed by atoms with Crippen LogP contribution in [0.15, 0.2) is 48.8 Å². The average molecular weight is 250 g/mol. The zero-order chi connectivity index (χ0) is 12.3. The summed E-state index contributed by atoms with van der Waals surface area (Å²) in [6.07, 6.45) is 3.19. The van der Waals surface area contributed by atoms with E-state index in [2.05, 4.69) is 4.98 Å². The summed E-state index contributed by atoms with van der Waals surface area (Å²) in [5.74, 6) is -1.03. The van der Waals surface area contributed by atoms with Gasteiger partial charge in [-0.2, -0.15) is 0 Å². The lowest BCUT2D eigenvalue weighted by atomic mass is 10.1. The first-order chi connectivity index (χ1) is 8.09. The van der Waals surface area contributed by atoms with Crippen LogP contribution in [0.5, 0.6) is 5.75 Å². The van der Waals surface area contributed by atoms with Crippen LogP contribution in [-0.2, 0) is 5.79 Å². The van der Waals surface area contributed by atoms with Gasteiger partial charge in [0.05, 0.1) is 5.02 Å². The Balaban J connectivity index is 2.27. The number of nitrogens with zero attached hydrogens (tertiary/aromatic N) is 1. The van der Waals surface area contributed by atoms with Crippen LogP contribution < -0.4 is 4.74 Å². The molecule has 0 saturated heterocycles. The molecule has 0 fully saturated rings. The number of ether oxygens (including phenoxy) is 1. The molecule has 1 unspecified atom stereocenters. The van der Waals surface area contributed by atoms with Crippen molar-refractivity contribution in [2.75, 3.05) is 0 Å². The van der Waals surface area contributed by atoms with Gasteiger partial charge in [0, 0.05) is 24.9 Å². The number of aromatic nitrogens is 1. The van der Waals surface area contributed by atoms with Gasteiger partial charge >= 0.3 is 0 Å². The summed E-state index contributed by atoms with van der Waals surface area (Å²) in [6.45, 7) is 1.55. The Morgan fingerprint density at radius 1 is 1.24 bits per heavy atom. The number of hydrogen-bond donors (Lipinski definition) is 1. The van der Waals surface area contributed by atoms with Gasteiger partial charge in [0.15, 0.2) is 0 Å². The first kappa shape index (κ1) is 11.9. The van der Waals surface area contributed by atoms with Gasteiger partial charge in [-0.15, -0.1) is 0 Å². The second-order valence-electron chi connectivity index (χ2n) is 3.76. The van der Waals surface area contributed by atoms with Crippen LogP contribution in [0, 0.1) is 0 Å². The molecule has 0 bridgehead atoms. The molecule has 88 valence electrons. The maximum atomic E-state index is 10.2. The molecule has 2 aromatic rings. The van der Waals surface area contributed by atoms with Crippen LogP contribution in [0.2, 0.25) is 5.02 Å². The second kappa shape index (κ2) is 4.73. The molecule has 0 saturated carbocycles. The number of pyridine rings is 1. The minimum absolute atomic E-state index is 0.433. The number of aliphatic hydroxyl groups is 1. The molecular weight excluding hydrogens is 238 g/mol. The molecule has 17 heavy (non-hydrogen) atoms. The highest BCUT2D eigenvalue weighted by Crippen LogP contribution is 2.30. The monoisotopic (exact) mass is 249 g/mol. The van der Waals surface area contributed by atoms with Gasteiger partial charge < -0.3 is 9.84 Å². The predicted octanol–water partition coefficient (Wildman–Crippen LogP) is 2.98. The number of benzene rings is 1. The third kappa shape index (κ3) is 2.75. The van der Waals surface area contributed by atoms with Crippen LogP contribution in [0.1, 0.15) is 12.5 Å². The Morgan fingerprint density at radius 3 is 2.65 bits per heavy atom. The van der Waals surface area contributed by atoms with Crippen molar-refractivity contribution in [3.8, 4) is 5.75 Å². The molecule has 1 aromatic carbocycles.